The maximum absolute atomic E-state index is 15.2. The number of piperazine rings is 1. The maximum atomic E-state index is 15.2. The number of pyridine rings is 1. The Morgan fingerprint density at radius 3 is 2.34 bits per heavy atom. The van der Waals surface area contributed by atoms with E-state index < -0.39 is 11.9 Å². The minimum atomic E-state index is -0.561. The van der Waals surface area contributed by atoms with Crippen LogP contribution in [0.3, 0.4) is 0 Å². The van der Waals surface area contributed by atoms with Gasteiger partial charge < -0.3 is 20.4 Å². The maximum Gasteiger partial charge on any atom is 0.255 e. The van der Waals surface area contributed by atoms with Crippen molar-refractivity contribution in [1.29, 1.82) is 0 Å². The first kappa shape index (κ1) is 39.1. The largest absolute Gasteiger partial charge is 0.374 e. The van der Waals surface area contributed by atoms with E-state index in [1.54, 1.807) is 54.7 Å². The van der Waals surface area contributed by atoms with Crippen LogP contribution in [0.4, 0.5) is 26.1 Å². The molecule has 4 fully saturated rings. The molecule has 4 aromatic rings. The number of carbonyl (C=O) groups is 3. The number of piperidine rings is 2. The zero-order valence-electron chi connectivity index (χ0n) is 32.4. The Balaban J connectivity index is 0.761. The van der Waals surface area contributed by atoms with Crippen LogP contribution in [0.2, 0.25) is 0 Å². The van der Waals surface area contributed by atoms with Crippen LogP contribution in [-0.4, -0.2) is 100.0 Å². The summed E-state index contributed by atoms with van der Waals surface area (Å²) in [7, 11) is 0. The number of benzene rings is 2. The van der Waals surface area contributed by atoms with E-state index in [2.05, 4.69) is 35.7 Å². The predicted molar refractivity (Wildman–Crippen MR) is 217 cm³/mol. The molecule has 5 heterocycles. The number of imide groups is 1. The third-order valence-electron chi connectivity index (χ3n) is 12.1. The molecule has 0 spiro atoms. The molecule has 2 aromatic heterocycles. The van der Waals surface area contributed by atoms with Crippen LogP contribution in [0.1, 0.15) is 51.4 Å². The predicted octanol–water partition coefficient (Wildman–Crippen LogP) is 4.82. The van der Waals surface area contributed by atoms with Gasteiger partial charge in [-0.15, -0.1) is 0 Å². The molecule has 3 amide bonds. The summed E-state index contributed by atoms with van der Waals surface area (Å²) in [4.78, 5) is 64.7. The molecule has 3 aliphatic heterocycles. The standard InChI is InChI=1S/C43H49F2N9O4/c44-34-25-32(47-36-12-14-38(55)49-41(36)57)11-13-37(34)52-22-20-51(21-23-52)27-28-15-18-53(19-16-28)42(58)29-7-9-31(10-8-29)48-43-46-26-35(45)40(50-43)30-4-3-5-33(24-30)54-17-2-1-6-39(54)56/h1-6,11,13,17,24-26,28-29,31,36,47H,7-10,12,14-16,18-23,27H2,(H,46,48,50)(H,49,55,57). The average Bonchev–Trinajstić information content (AvgIpc) is 3.23. The molecule has 0 radical (unpaired) electrons. The number of hydrogen-bond donors (Lipinski definition) is 3. The molecule has 15 heteroatoms. The van der Waals surface area contributed by atoms with Gasteiger partial charge in [0.2, 0.25) is 23.7 Å². The van der Waals surface area contributed by atoms with E-state index in [0.717, 1.165) is 71.2 Å². The summed E-state index contributed by atoms with van der Waals surface area (Å²) in [5.41, 5.74) is 2.18. The number of likely N-dealkylation sites (tertiary alicyclic amines) is 1. The number of amides is 3. The van der Waals surface area contributed by atoms with Crippen LogP contribution in [0, 0.1) is 23.5 Å². The molecule has 13 nitrogen and oxygen atoms in total. The Hall–Kier alpha value is -5.70. The Labute approximate surface area is 335 Å². The number of carbonyl (C=O) groups excluding carboxylic acids is 3. The molecule has 1 unspecified atom stereocenters. The van der Waals surface area contributed by atoms with Gasteiger partial charge in [-0.3, -0.25) is 34.0 Å². The Bertz CT molecular complexity index is 2190. The van der Waals surface area contributed by atoms with E-state index in [1.165, 1.54) is 22.9 Å². The van der Waals surface area contributed by atoms with Gasteiger partial charge in [0, 0.05) is 93.4 Å². The first-order valence-corrected chi connectivity index (χ1v) is 20.4. The van der Waals surface area contributed by atoms with Gasteiger partial charge in [-0.25, -0.2) is 18.7 Å². The second-order valence-electron chi connectivity index (χ2n) is 15.9. The topological polar surface area (TPSA) is 145 Å². The van der Waals surface area contributed by atoms with Crippen molar-refractivity contribution < 1.29 is 23.2 Å². The van der Waals surface area contributed by atoms with E-state index in [-0.39, 0.29) is 53.2 Å². The van der Waals surface area contributed by atoms with Gasteiger partial charge >= 0.3 is 0 Å². The molecule has 1 saturated carbocycles. The lowest BCUT2D eigenvalue weighted by Crippen LogP contribution is -2.50. The van der Waals surface area contributed by atoms with Crippen molar-refractivity contribution in [3.63, 3.8) is 0 Å². The molecule has 2 aromatic carbocycles. The fourth-order valence-corrected chi connectivity index (χ4v) is 8.77. The zero-order chi connectivity index (χ0) is 40.2. The molecule has 3 N–H and O–H groups in total. The molecule has 1 aliphatic carbocycles. The van der Waals surface area contributed by atoms with Crippen molar-refractivity contribution in [2.45, 2.75) is 63.5 Å². The van der Waals surface area contributed by atoms with Crippen molar-refractivity contribution in [2.24, 2.45) is 11.8 Å². The lowest BCUT2D eigenvalue weighted by atomic mass is 9.84. The van der Waals surface area contributed by atoms with E-state index in [0.29, 0.717) is 54.0 Å². The summed E-state index contributed by atoms with van der Waals surface area (Å²) in [6, 6.07) is 16.4. The number of anilines is 3. The van der Waals surface area contributed by atoms with Gasteiger partial charge in [0.1, 0.15) is 17.6 Å². The van der Waals surface area contributed by atoms with E-state index in [9.17, 15) is 23.6 Å². The van der Waals surface area contributed by atoms with Gasteiger partial charge in [0.15, 0.2) is 5.82 Å². The Morgan fingerprint density at radius 1 is 0.810 bits per heavy atom. The van der Waals surface area contributed by atoms with Gasteiger partial charge in [0.25, 0.3) is 5.56 Å². The Morgan fingerprint density at radius 2 is 1.60 bits per heavy atom. The minimum absolute atomic E-state index is 0.0146. The van der Waals surface area contributed by atoms with Crippen LogP contribution in [0.15, 0.2) is 77.9 Å². The highest BCUT2D eigenvalue weighted by Gasteiger charge is 2.33. The van der Waals surface area contributed by atoms with Crippen LogP contribution in [0.25, 0.3) is 16.9 Å². The fourth-order valence-electron chi connectivity index (χ4n) is 8.77. The zero-order valence-corrected chi connectivity index (χ0v) is 32.4. The number of aromatic nitrogens is 3. The second-order valence-corrected chi connectivity index (χ2v) is 15.9. The van der Waals surface area contributed by atoms with Crippen LogP contribution >= 0.6 is 0 Å². The third kappa shape index (κ3) is 9.04. The summed E-state index contributed by atoms with van der Waals surface area (Å²) in [5, 5.41) is 8.74. The van der Waals surface area contributed by atoms with E-state index >= 15 is 4.39 Å². The highest BCUT2D eigenvalue weighted by atomic mass is 19.1. The van der Waals surface area contributed by atoms with E-state index in [1.807, 2.05) is 4.90 Å². The second kappa shape index (κ2) is 17.4. The lowest BCUT2D eigenvalue weighted by Gasteiger charge is -2.40. The van der Waals surface area contributed by atoms with Crippen LogP contribution < -0.4 is 26.4 Å². The monoisotopic (exact) mass is 793 g/mol. The fraction of sp³-hybridized carbons (Fsp3) is 0.442. The molecule has 0 bridgehead atoms. The van der Waals surface area contributed by atoms with Crippen LogP contribution in [-0.2, 0) is 14.4 Å². The van der Waals surface area contributed by atoms with Gasteiger partial charge in [-0.2, -0.15) is 0 Å². The molecule has 4 aliphatic rings. The highest BCUT2D eigenvalue weighted by Crippen LogP contribution is 2.31. The smallest absolute Gasteiger partial charge is 0.255 e. The molecule has 58 heavy (non-hydrogen) atoms. The molecule has 3 saturated heterocycles. The third-order valence-corrected chi connectivity index (χ3v) is 12.1. The number of nitrogens with one attached hydrogen (secondary N) is 3. The lowest BCUT2D eigenvalue weighted by molar-refractivity contribution is -0.138. The average molecular weight is 794 g/mol. The van der Waals surface area contributed by atoms with Crippen molar-refractivity contribution in [2.75, 3.05) is 61.3 Å². The Kier molecular flexibility index (Phi) is 11.8. The highest BCUT2D eigenvalue weighted by molar-refractivity contribution is 6.01. The first-order valence-electron chi connectivity index (χ1n) is 20.4. The summed E-state index contributed by atoms with van der Waals surface area (Å²) >= 11 is 0. The number of halogens is 2. The minimum Gasteiger partial charge on any atom is -0.374 e. The normalized spacial score (nSPS) is 22.1. The SMILES string of the molecule is O=C1CCC(Nc2ccc(N3CCN(CC4CCN(C(=O)C5CCC(Nc6ncc(F)c(-c7cccc(-n8ccccc8=O)c7)n6)CC5)CC4)CC3)c(F)c2)C(=O)N1. The van der Waals surface area contributed by atoms with Crippen molar-refractivity contribution >= 4 is 35.0 Å². The molecular weight excluding hydrogens is 745 g/mol. The van der Waals surface area contributed by atoms with Crippen LogP contribution in [0.5, 0.6) is 0 Å². The number of rotatable bonds is 10. The van der Waals surface area contributed by atoms with Crippen molar-refractivity contribution in [3.8, 4) is 16.9 Å². The summed E-state index contributed by atoms with van der Waals surface area (Å²) < 4.78 is 31.7. The van der Waals surface area contributed by atoms with Gasteiger partial charge in [-0.05, 0) is 87.3 Å². The van der Waals surface area contributed by atoms with Gasteiger partial charge in [0.05, 0.1) is 11.9 Å². The summed E-state index contributed by atoms with van der Waals surface area (Å²) in [6.07, 6.45) is 8.51. The van der Waals surface area contributed by atoms with Crippen molar-refractivity contribution in [1.82, 2.24) is 29.7 Å². The first-order chi connectivity index (χ1) is 28.2. The van der Waals surface area contributed by atoms with Crippen molar-refractivity contribution in [3.05, 3.63) is 95.0 Å². The number of nitrogens with zero attached hydrogens (tertiary/aromatic N) is 6. The molecular formula is C43H49F2N9O4. The molecule has 304 valence electrons. The number of hydrogen-bond acceptors (Lipinski definition) is 10. The van der Waals surface area contributed by atoms with Gasteiger partial charge in [-0.1, -0.05) is 18.2 Å². The quantitative estimate of drug-likeness (QED) is 0.191. The molecule has 8 rings (SSSR count). The molecule has 1 atom stereocenters. The van der Waals surface area contributed by atoms with E-state index in [4.69, 9.17) is 0 Å². The summed E-state index contributed by atoms with van der Waals surface area (Å²) in [6.45, 7) is 5.59. The summed E-state index contributed by atoms with van der Waals surface area (Å²) in [5.74, 6) is -0.501.